The lowest BCUT2D eigenvalue weighted by Gasteiger charge is -2.09. The number of nitrogens with two attached hydrogens (primary N) is 1. The van der Waals surface area contributed by atoms with Crippen LogP contribution in [-0.2, 0) is 6.18 Å². The van der Waals surface area contributed by atoms with E-state index in [4.69, 9.17) is 17.3 Å². The Bertz CT molecular complexity index is 628. The first-order chi connectivity index (χ1) is 8.77. The Hall–Kier alpha value is -1.89. The highest BCUT2D eigenvalue weighted by Crippen LogP contribution is 2.33. The lowest BCUT2D eigenvalue weighted by molar-refractivity contribution is -0.141. The molecule has 1 heterocycles. The van der Waals surface area contributed by atoms with Crippen molar-refractivity contribution < 1.29 is 17.6 Å². The molecule has 0 atom stereocenters. The van der Waals surface area contributed by atoms with Gasteiger partial charge in [0.05, 0.1) is 10.7 Å². The first-order valence-electron chi connectivity index (χ1n) is 4.94. The maximum absolute atomic E-state index is 13.1. The van der Waals surface area contributed by atoms with E-state index in [1.54, 1.807) is 0 Å². The van der Waals surface area contributed by atoms with Crippen molar-refractivity contribution in [2.75, 3.05) is 5.73 Å². The third-order valence-electron chi connectivity index (χ3n) is 2.24. The van der Waals surface area contributed by atoms with Gasteiger partial charge in [0.1, 0.15) is 5.82 Å². The van der Waals surface area contributed by atoms with Gasteiger partial charge in [0.2, 0.25) is 5.95 Å². The molecule has 0 aliphatic rings. The highest BCUT2D eigenvalue weighted by molar-refractivity contribution is 6.33. The fraction of sp³-hybridized carbons (Fsp3) is 0.0909. The molecule has 0 saturated heterocycles. The average Bonchev–Trinajstić information content (AvgIpc) is 2.30. The molecule has 100 valence electrons. The zero-order chi connectivity index (χ0) is 14.2. The predicted octanol–water partition coefficient (Wildman–Crippen LogP) is 3.54. The molecule has 0 spiro atoms. The summed E-state index contributed by atoms with van der Waals surface area (Å²) in [6.45, 7) is 0. The minimum atomic E-state index is -4.67. The zero-order valence-corrected chi connectivity index (χ0v) is 9.93. The van der Waals surface area contributed by atoms with Gasteiger partial charge in [-0.25, -0.2) is 14.4 Å². The lowest BCUT2D eigenvalue weighted by atomic mass is 10.1. The number of halogens is 5. The van der Waals surface area contributed by atoms with Crippen molar-refractivity contribution in [3.05, 3.63) is 40.8 Å². The average molecular weight is 292 g/mol. The van der Waals surface area contributed by atoms with Crippen molar-refractivity contribution in [2.24, 2.45) is 0 Å². The Morgan fingerprint density at radius 3 is 2.42 bits per heavy atom. The maximum Gasteiger partial charge on any atom is 0.433 e. The van der Waals surface area contributed by atoms with Crippen LogP contribution >= 0.6 is 11.6 Å². The minimum Gasteiger partial charge on any atom is -0.368 e. The molecule has 1 aromatic carbocycles. The Balaban J connectivity index is 2.63. The molecule has 0 fully saturated rings. The van der Waals surface area contributed by atoms with Gasteiger partial charge < -0.3 is 5.73 Å². The van der Waals surface area contributed by atoms with Crippen LogP contribution < -0.4 is 5.73 Å². The molecule has 0 bridgehead atoms. The van der Waals surface area contributed by atoms with E-state index in [0.29, 0.717) is 6.07 Å². The maximum atomic E-state index is 13.1. The predicted molar refractivity (Wildman–Crippen MR) is 61.9 cm³/mol. The summed E-state index contributed by atoms with van der Waals surface area (Å²) in [5, 5.41) is 0.0626. The number of alkyl halides is 3. The minimum absolute atomic E-state index is 0.0151. The van der Waals surface area contributed by atoms with Crippen LogP contribution in [0, 0.1) is 5.82 Å². The second kappa shape index (κ2) is 4.65. The molecule has 0 unspecified atom stereocenters. The SMILES string of the molecule is Nc1nc(-c2cc(F)ccc2Cl)cc(C(F)(F)F)n1. The van der Waals surface area contributed by atoms with E-state index in [1.807, 2.05) is 0 Å². The number of aromatic nitrogens is 2. The third kappa shape index (κ3) is 2.93. The molecule has 19 heavy (non-hydrogen) atoms. The number of rotatable bonds is 1. The monoisotopic (exact) mass is 291 g/mol. The van der Waals surface area contributed by atoms with Gasteiger partial charge >= 0.3 is 6.18 Å². The van der Waals surface area contributed by atoms with Gasteiger partial charge in [0, 0.05) is 5.56 Å². The van der Waals surface area contributed by atoms with Crippen LogP contribution in [0.25, 0.3) is 11.3 Å². The Kier molecular flexibility index (Phi) is 3.32. The zero-order valence-electron chi connectivity index (χ0n) is 9.17. The van der Waals surface area contributed by atoms with Gasteiger partial charge in [-0.05, 0) is 24.3 Å². The van der Waals surface area contributed by atoms with Crippen LogP contribution in [0.2, 0.25) is 5.02 Å². The van der Waals surface area contributed by atoms with Gasteiger partial charge in [-0.1, -0.05) is 11.6 Å². The second-order valence-corrected chi connectivity index (χ2v) is 4.03. The van der Waals surface area contributed by atoms with Gasteiger partial charge in [0.25, 0.3) is 0 Å². The van der Waals surface area contributed by atoms with Gasteiger partial charge in [-0.2, -0.15) is 13.2 Å². The topological polar surface area (TPSA) is 51.8 Å². The summed E-state index contributed by atoms with van der Waals surface area (Å²) in [6.07, 6.45) is -4.67. The summed E-state index contributed by atoms with van der Waals surface area (Å²) in [5.74, 6) is -1.21. The van der Waals surface area contributed by atoms with Crippen molar-refractivity contribution in [2.45, 2.75) is 6.18 Å². The van der Waals surface area contributed by atoms with Crippen LogP contribution in [0.3, 0.4) is 0 Å². The number of hydrogen-bond acceptors (Lipinski definition) is 3. The standard InChI is InChI=1S/C11H6ClF4N3/c12-7-2-1-5(13)3-6(7)8-4-9(11(14,15)16)19-10(17)18-8/h1-4H,(H2,17,18,19). The van der Waals surface area contributed by atoms with E-state index in [9.17, 15) is 17.6 Å². The molecule has 0 radical (unpaired) electrons. The largest absolute Gasteiger partial charge is 0.433 e. The van der Waals surface area contributed by atoms with Crippen LogP contribution in [0.4, 0.5) is 23.5 Å². The van der Waals surface area contributed by atoms with E-state index in [1.165, 1.54) is 6.07 Å². The van der Waals surface area contributed by atoms with Crippen molar-refractivity contribution in [1.82, 2.24) is 9.97 Å². The number of hydrogen-bond donors (Lipinski definition) is 1. The molecule has 2 rings (SSSR count). The highest BCUT2D eigenvalue weighted by Gasteiger charge is 2.33. The molecule has 1 aromatic heterocycles. The van der Waals surface area contributed by atoms with Crippen LogP contribution in [0.15, 0.2) is 24.3 Å². The van der Waals surface area contributed by atoms with Gasteiger partial charge in [0.15, 0.2) is 5.69 Å². The molecule has 0 aliphatic carbocycles. The molecule has 3 nitrogen and oxygen atoms in total. The molecule has 0 saturated carbocycles. The van der Waals surface area contributed by atoms with E-state index >= 15 is 0 Å². The molecule has 2 N–H and O–H groups in total. The molecular weight excluding hydrogens is 286 g/mol. The van der Waals surface area contributed by atoms with Crippen molar-refractivity contribution >= 4 is 17.5 Å². The second-order valence-electron chi connectivity index (χ2n) is 3.62. The number of anilines is 1. The molecule has 0 aliphatic heterocycles. The van der Waals surface area contributed by atoms with Gasteiger partial charge in [-0.15, -0.1) is 0 Å². The fourth-order valence-electron chi connectivity index (χ4n) is 1.44. The van der Waals surface area contributed by atoms with Crippen LogP contribution in [0.5, 0.6) is 0 Å². The normalized spacial score (nSPS) is 11.6. The summed E-state index contributed by atoms with van der Waals surface area (Å²) >= 11 is 5.80. The number of nitrogens with zero attached hydrogens (tertiary/aromatic N) is 2. The smallest absolute Gasteiger partial charge is 0.368 e. The summed E-state index contributed by atoms with van der Waals surface area (Å²) in [5.41, 5.74) is 3.83. The lowest BCUT2D eigenvalue weighted by Crippen LogP contribution is -2.11. The van der Waals surface area contributed by atoms with Crippen LogP contribution in [-0.4, -0.2) is 9.97 Å². The summed E-state index contributed by atoms with van der Waals surface area (Å²) in [4.78, 5) is 6.72. The van der Waals surface area contributed by atoms with E-state index < -0.39 is 23.6 Å². The van der Waals surface area contributed by atoms with Crippen molar-refractivity contribution in [3.8, 4) is 11.3 Å². The van der Waals surface area contributed by atoms with E-state index in [2.05, 4.69) is 9.97 Å². The number of benzene rings is 1. The molecular formula is C11H6ClF4N3. The quantitative estimate of drug-likeness (QED) is 0.818. The van der Waals surface area contributed by atoms with Gasteiger partial charge in [-0.3, -0.25) is 0 Å². The highest BCUT2D eigenvalue weighted by atomic mass is 35.5. The molecule has 0 amide bonds. The molecule has 8 heteroatoms. The molecule has 2 aromatic rings. The van der Waals surface area contributed by atoms with E-state index in [-0.39, 0.29) is 16.3 Å². The number of nitrogen functional groups attached to an aromatic ring is 1. The Morgan fingerprint density at radius 1 is 1.11 bits per heavy atom. The van der Waals surface area contributed by atoms with E-state index in [0.717, 1.165) is 12.1 Å². The van der Waals surface area contributed by atoms with Crippen molar-refractivity contribution in [3.63, 3.8) is 0 Å². The first kappa shape index (κ1) is 13.5. The Labute approximate surface area is 110 Å². The first-order valence-corrected chi connectivity index (χ1v) is 5.32. The Morgan fingerprint density at radius 2 is 1.79 bits per heavy atom. The third-order valence-corrected chi connectivity index (χ3v) is 2.57. The summed E-state index contributed by atoms with van der Waals surface area (Å²) < 4.78 is 50.9. The van der Waals surface area contributed by atoms with Crippen molar-refractivity contribution in [1.29, 1.82) is 0 Å². The van der Waals surface area contributed by atoms with Crippen LogP contribution in [0.1, 0.15) is 5.69 Å². The summed E-state index contributed by atoms with van der Waals surface area (Å²) in [7, 11) is 0. The summed E-state index contributed by atoms with van der Waals surface area (Å²) in [6, 6.07) is 3.94. The fourth-order valence-corrected chi connectivity index (χ4v) is 1.66.